The first-order valence-electron chi connectivity index (χ1n) is 16.5. The van der Waals surface area contributed by atoms with Gasteiger partial charge in [-0.15, -0.1) is 11.6 Å². The van der Waals surface area contributed by atoms with Gasteiger partial charge in [0.1, 0.15) is 23.8 Å². The topological polar surface area (TPSA) is 143 Å². The number of nitrogens with zero attached hydrogens (tertiary/aromatic N) is 1. The van der Waals surface area contributed by atoms with E-state index in [-0.39, 0.29) is 30.1 Å². The first-order chi connectivity index (χ1) is 24.4. The zero-order valence-corrected chi connectivity index (χ0v) is 28.5. The van der Waals surface area contributed by atoms with Crippen LogP contribution in [0.15, 0.2) is 72.8 Å². The number of phenolic OH excluding ortho intramolecular Hbond substituents is 1. The standard InChI is InChI=1S/C38H40ClN3O8/c1-24-4-2-7-30-34(44)21-33-36(35(24)30)27(22-39)23-42(33)38(46)25-8-9-31-26(18-25)19-32(41-31)37(45)40-28-5-3-6-29(20-28)50-17-16-49-15-14-48-13-12-47-11-10-43/h2-9,18-21,27,41,43-44H,10-17,22-23H2,1H3,(H,40,45). The minimum atomic E-state index is -0.340. The Hall–Kier alpha value is -4.65. The fraction of sp³-hybridized carbons (Fsp3) is 0.316. The molecule has 0 bridgehead atoms. The Bertz CT molecular complexity index is 1980. The van der Waals surface area contributed by atoms with Gasteiger partial charge in [-0.3, -0.25) is 9.59 Å². The number of anilines is 2. The van der Waals surface area contributed by atoms with Crippen molar-refractivity contribution in [2.75, 3.05) is 75.5 Å². The number of phenols is 1. The van der Waals surface area contributed by atoms with E-state index in [9.17, 15) is 14.7 Å². The molecule has 262 valence electrons. The second-order valence-electron chi connectivity index (χ2n) is 12.0. The number of ether oxygens (including phenoxy) is 4. The van der Waals surface area contributed by atoms with Gasteiger partial charge in [0.15, 0.2) is 0 Å². The quantitative estimate of drug-likeness (QED) is 0.0726. The van der Waals surface area contributed by atoms with Crippen LogP contribution in [0.2, 0.25) is 0 Å². The Labute approximate surface area is 294 Å². The number of hydrogen-bond acceptors (Lipinski definition) is 8. The molecule has 4 N–H and O–H groups in total. The van der Waals surface area contributed by atoms with E-state index in [2.05, 4.69) is 10.3 Å². The maximum atomic E-state index is 13.9. The highest BCUT2D eigenvalue weighted by molar-refractivity contribution is 6.19. The van der Waals surface area contributed by atoms with Gasteiger partial charge in [-0.25, -0.2) is 0 Å². The van der Waals surface area contributed by atoms with Crippen molar-refractivity contribution in [2.24, 2.45) is 0 Å². The number of carbonyl (C=O) groups is 2. The molecule has 1 atom stereocenters. The lowest BCUT2D eigenvalue weighted by Gasteiger charge is -2.19. The molecule has 0 fully saturated rings. The number of H-pyrrole nitrogens is 1. The van der Waals surface area contributed by atoms with Crippen LogP contribution in [0, 0.1) is 6.92 Å². The van der Waals surface area contributed by atoms with Crippen LogP contribution in [0.5, 0.6) is 11.5 Å². The molecule has 5 aromatic rings. The molecule has 1 aromatic heterocycles. The van der Waals surface area contributed by atoms with Crippen LogP contribution in [-0.4, -0.2) is 92.3 Å². The van der Waals surface area contributed by atoms with E-state index in [1.807, 2.05) is 25.1 Å². The lowest BCUT2D eigenvalue weighted by molar-refractivity contribution is 0.00361. The number of aromatic amines is 1. The molecule has 0 saturated heterocycles. The summed E-state index contributed by atoms with van der Waals surface area (Å²) in [5, 5.41) is 24.8. The van der Waals surface area contributed by atoms with E-state index >= 15 is 0 Å². The van der Waals surface area contributed by atoms with Crippen molar-refractivity contribution in [3.05, 3.63) is 95.2 Å². The van der Waals surface area contributed by atoms with Crippen molar-refractivity contribution in [3.63, 3.8) is 0 Å². The third kappa shape index (κ3) is 7.88. The summed E-state index contributed by atoms with van der Waals surface area (Å²) in [6, 6.07) is 21.5. The molecule has 0 aliphatic carbocycles. The van der Waals surface area contributed by atoms with Crippen molar-refractivity contribution in [3.8, 4) is 11.5 Å². The molecule has 12 heteroatoms. The number of aromatic nitrogens is 1. The zero-order valence-electron chi connectivity index (χ0n) is 27.7. The average Bonchev–Trinajstić information content (AvgIpc) is 3.72. The number of rotatable bonds is 16. The SMILES string of the molecule is Cc1cccc2c(O)cc3c(c12)C(CCl)CN3C(=O)c1ccc2[nH]c(C(=O)Nc3cccc(OCCOCCOCCOCCO)c3)cc2c1. The molecule has 0 spiro atoms. The minimum Gasteiger partial charge on any atom is -0.507 e. The molecule has 4 aromatic carbocycles. The number of aryl methyl sites for hydroxylation is 1. The predicted octanol–water partition coefficient (Wildman–Crippen LogP) is 5.99. The summed E-state index contributed by atoms with van der Waals surface area (Å²) in [5.74, 6) is 0.408. The molecule has 2 heterocycles. The van der Waals surface area contributed by atoms with Crippen molar-refractivity contribution in [1.82, 2.24) is 4.98 Å². The van der Waals surface area contributed by atoms with E-state index in [0.29, 0.717) is 98.0 Å². The maximum absolute atomic E-state index is 13.9. The van der Waals surface area contributed by atoms with Crippen LogP contribution in [0.4, 0.5) is 11.4 Å². The maximum Gasteiger partial charge on any atom is 0.272 e. The largest absolute Gasteiger partial charge is 0.507 e. The molecule has 50 heavy (non-hydrogen) atoms. The molecule has 0 radical (unpaired) electrons. The Morgan fingerprint density at radius 3 is 2.42 bits per heavy atom. The van der Waals surface area contributed by atoms with Gasteiger partial charge in [0.05, 0.1) is 51.9 Å². The van der Waals surface area contributed by atoms with Gasteiger partial charge >= 0.3 is 0 Å². The molecule has 1 aliphatic rings. The Morgan fingerprint density at radius 1 is 0.920 bits per heavy atom. The number of amides is 2. The fourth-order valence-corrected chi connectivity index (χ4v) is 6.50. The summed E-state index contributed by atoms with van der Waals surface area (Å²) in [6.45, 7) is 5.10. The first kappa shape index (κ1) is 35.2. The highest BCUT2D eigenvalue weighted by Crippen LogP contribution is 2.46. The van der Waals surface area contributed by atoms with Crippen LogP contribution >= 0.6 is 11.6 Å². The van der Waals surface area contributed by atoms with Crippen LogP contribution in [0.1, 0.15) is 37.9 Å². The minimum absolute atomic E-state index is 0.00700. The summed E-state index contributed by atoms with van der Waals surface area (Å²) in [6.07, 6.45) is 0. The molecule has 11 nitrogen and oxygen atoms in total. The number of aliphatic hydroxyl groups is 1. The highest BCUT2D eigenvalue weighted by atomic mass is 35.5. The number of alkyl halides is 1. The Balaban J connectivity index is 1.06. The number of aliphatic hydroxyl groups excluding tert-OH is 1. The Morgan fingerprint density at radius 2 is 1.66 bits per heavy atom. The van der Waals surface area contributed by atoms with Crippen LogP contribution < -0.4 is 15.0 Å². The number of nitrogens with one attached hydrogen (secondary N) is 2. The number of halogens is 1. The van der Waals surface area contributed by atoms with Gasteiger partial charge in [-0.05, 0) is 59.8 Å². The van der Waals surface area contributed by atoms with Gasteiger partial charge in [0.2, 0.25) is 0 Å². The summed E-state index contributed by atoms with van der Waals surface area (Å²) in [7, 11) is 0. The average molecular weight is 702 g/mol. The zero-order chi connectivity index (χ0) is 35.0. The summed E-state index contributed by atoms with van der Waals surface area (Å²) >= 11 is 6.42. The van der Waals surface area contributed by atoms with Gasteiger partial charge in [0.25, 0.3) is 11.8 Å². The van der Waals surface area contributed by atoms with Crippen LogP contribution in [0.25, 0.3) is 21.7 Å². The lowest BCUT2D eigenvalue weighted by atomic mass is 9.92. The van der Waals surface area contributed by atoms with Crippen molar-refractivity contribution in [2.45, 2.75) is 12.8 Å². The fourth-order valence-electron chi connectivity index (χ4n) is 6.25. The van der Waals surface area contributed by atoms with E-state index < -0.39 is 0 Å². The third-order valence-electron chi connectivity index (χ3n) is 8.58. The van der Waals surface area contributed by atoms with E-state index in [0.717, 1.165) is 21.9 Å². The predicted molar refractivity (Wildman–Crippen MR) is 193 cm³/mol. The van der Waals surface area contributed by atoms with Gasteiger partial charge in [-0.2, -0.15) is 0 Å². The molecule has 6 rings (SSSR count). The van der Waals surface area contributed by atoms with Crippen molar-refractivity contribution >= 4 is 56.5 Å². The summed E-state index contributed by atoms with van der Waals surface area (Å²) in [4.78, 5) is 32.0. The lowest BCUT2D eigenvalue weighted by Crippen LogP contribution is -2.30. The second kappa shape index (κ2) is 16.4. The number of aromatic hydroxyl groups is 1. The molecule has 0 saturated carbocycles. The van der Waals surface area contributed by atoms with Gasteiger partial charge in [0, 0.05) is 58.0 Å². The number of hydrogen-bond donors (Lipinski definition) is 4. The third-order valence-corrected chi connectivity index (χ3v) is 8.95. The van der Waals surface area contributed by atoms with E-state index in [1.165, 1.54) is 0 Å². The highest BCUT2D eigenvalue weighted by Gasteiger charge is 2.35. The van der Waals surface area contributed by atoms with Gasteiger partial charge in [-0.1, -0.05) is 24.3 Å². The molecule has 1 aliphatic heterocycles. The van der Waals surface area contributed by atoms with Crippen molar-refractivity contribution < 1.29 is 38.7 Å². The normalized spacial score (nSPS) is 14.0. The Kier molecular flexibility index (Phi) is 11.5. The van der Waals surface area contributed by atoms with Crippen LogP contribution in [0.3, 0.4) is 0 Å². The number of carbonyl (C=O) groups excluding carboxylic acids is 2. The monoisotopic (exact) mass is 701 g/mol. The molecular formula is C38H40ClN3O8. The van der Waals surface area contributed by atoms with Crippen LogP contribution in [-0.2, 0) is 14.2 Å². The van der Waals surface area contributed by atoms with Crippen molar-refractivity contribution in [1.29, 1.82) is 0 Å². The molecule has 1 unspecified atom stereocenters. The molecular weight excluding hydrogens is 662 g/mol. The summed E-state index contributed by atoms with van der Waals surface area (Å²) < 4.78 is 21.8. The number of benzene rings is 4. The number of fused-ring (bicyclic) bond motifs is 4. The molecule has 2 amide bonds. The van der Waals surface area contributed by atoms with E-state index in [1.54, 1.807) is 59.5 Å². The van der Waals surface area contributed by atoms with E-state index in [4.69, 9.17) is 35.7 Å². The van der Waals surface area contributed by atoms with Gasteiger partial charge < -0.3 is 44.4 Å². The smallest absolute Gasteiger partial charge is 0.272 e. The first-order valence-corrected chi connectivity index (χ1v) is 17.1. The summed E-state index contributed by atoms with van der Waals surface area (Å²) in [5.41, 5.74) is 4.72. The second-order valence-corrected chi connectivity index (χ2v) is 12.3.